The SMILES string of the molecule is Cc1ccc(NC(=O)N2CCN(c3ccc(C)cc3C)C(=O)C2C)cc1. The highest BCUT2D eigenvalue weighted by Crippen LogP contribution is 2.25. The molecule has 1 unspecified atom stereocenters. The summed E-state index contributed by atoms with van der Waals surface area (Å²) in [4.78, 5) is 28.9. The molecular weight excluding hydrogens is 326 g/mol. The molecule has 26 heavy (non-hydrogen) atoms. The van der Waals surface area contributed by atoms with Crippen LogP contribution < -0.4 is 10.2 Å². The summed E-state index contributed by atoms with van der Waals surface area (Å²) in [6.07, 6.45) is 0. The van der Waals surface area contributed by atoms with E-state index in [1.54, 1.807) is 16.7 Å². The van der Waals surface area contributed by atoms with Crippen LogP contribution in [-0.4, -0.2) is 36.0 Å². The summed E-state index contributed by atoms with van der Waals surface area (Å²) < 4.78 is 0. The first-order valence-electron chi connectivity index (χ1n) is 8.90. The number of amides is 3. The van der Waals surface area contributed by atoms with Crippen molar-refractivity contribution in [3.8, 4) is 0 Å². The summed E-state index contributed by atoms with van der Waals surface area (Å²) in [6, 6.07) is 12.9. The van der Waals surface area contributed by atoms with Crippen LogP contribution in [0.1, 0.15) is 23.6 Å². The van der Waals surface area contributed by atoms with Crippen LogP contribution >= 0.6 is 0 Å². The summed E-state index contributed by atoms with van der Waals surface area (Å²) in [5.74, 6) is -0.0535. The fourth-order valence-corrected chi connectivity index (χ4v) is 3.33. The molecule has 1 atom stereocenters. The lowest BCUT2D eigenvalue weighted by Gasteiger charge is -2.39. The third kappa shape index (κ3) is 3.57. The van der Waals surface area contributed by atoms with Gasteiger partial charge in [-0.3, -0.25) is 4.79 Å². The van der Waals surface area contributed by atoms with Crippen molar-refractivity contribution < 1.29 is 9.59 Å². The maximum Gasteiger partial charge on any atom is 0.322 e. The number of benzene rings is 2. The van der Waals surface area contributed by atoms with Gasteiger partial charge in [0.2, 0.25) is 5.91 Å². The number of urea groups is 1. The van der Waals surface area contributed by atoms with Crippen LogP contribution in [0.5, 0.6) is 0 Å². The maximum absolute atomic E-state index is 12.9. The average molecular weight is 351 g/mol. The molecule has 2 aromatic rings. The van der Waals surface area contributed by atoms with E-state index in [2.05, 4.69) is 11.4 Å². The topological polar surface area (TPSA) is 52.7 Å². The standard InChI is InChI=1S/C21H25N3O2/c1-14-5-8-18(9-6-14)22-21(26)23-11-12-24(20(25)17(23)4)19-10-7-15(2)13-16(19)3/h5-10,13,17H,11-12H2,1-4H3,(H,22,26). The Morgan fingerprint density at radius 2 is 1.65 bits per heavy atom. The van der Waals surface area contributed by atoms with Crippen LogP contribution in [0.25, 0.3) is 0 Å². The van der Waals surface area contributed by atoms with E-state index in [4.69, 9.17) is 0 Å². The molecular formula is C21H25N3O2. The molecule has 3 amide bonds. The number of carbonyl (C=O) groups is 2. The number of piperazine rings is 1. The Morgan fingerprint density at radius 3 is 2.31 bits per heavy atom. The monoisotopic (exact) mass is 351 g/mol. The smallest absolute Gasteiger partial charge is 0.311 e. The van der Waals surface area contributed by atoms with Crippen molar-refractivity contribution in [2.24, 2.45) is 0 Å². The van der Waals surface area contributed by atoms with Crippen molar-refractivity contribution >= 4 is 23.3 Å². The van der Waals surface area contributed by atoms with E-state index >= 15 is 0 Å². The van der Waals surface area contributed by atoms with Crippen LogP contribution in [0.15, 0.2) is 42.5 Å². The van der Waals surface area contributed by atoms with Crippen LogP contribution in [0.4, 0.5) is 16.2 Å². The molecule has 0 radical (unpaired) electrons. The van der Waals surface area contributed by atoms with Gasteiger partial charge < -0.3 is 15.1 Å². The molecule has 0 bridgehead atoms. The van der Waals surface area contributed by atoms with Gasteiger partial charge >= 0.3 is 6.03 Å². The van der Waals surface area contributed by atoms with E-state index in [1.807, 2.05) is 57.2 Å². The molecule has 136 valence electrons. The molecule has 3 rings (SSSR count). The number of anilines is 2. The van der Waals surface area contributed by atoms with Crippen molar-refractivity contribution in [2.45, 2.75) is 33.7 Å². The second kappa shape index (κ2) is 7.20. The molecule has 0 saturated carbocycles. The second-order valence-corrected chi connectivity index (χ2v) is 6.95. The molecule has 1 heterocycles. The molecule has 1 saturated heterocycles. The van der Waals surface area contributed by atoms with Gasteiger partial charge in [-0.1, -0.05) is 35.4 Å². The first-order chi connectivity index (χ1) is 12.4. The van der Waals surface area contributed by atoms with Crippen molar-refractivity contribution in [3.05, 3.63) is 59.2 Å². The number of rotatable bonds is 2. The summed E-state index contributed by atoms with van der Waals surface area (Å²) in [5.41, 5.74) is 5.03. The number of carbonyl (C=O) groups excluding carboxylic acids is 2. The lowest BCUT2D eigenvalue weighted by molar-refractivity contribution is -0.123. The maximum atomic E-state index is 12.9. The van der Waals surface area contributed by atoms with Crippen molar-refractivity contribution in [3.63, 3.8) is 0 Å². The number of nitrogens with zero attached hydrogens (tertiary/aromatic N) is 2. The van der Waals surface area contributed by atoms with Gasteiger partial charge in [0, 0.05) is 24.5 Å². The highest BCUT2D eigenvalue weighted by Gasteiger charge is 2.35. The van der Waals surface area contributed by atoms with Crippen molar-refractivity contribution in [2.75, 3.05) is 23.3 Å². The molecule has 1 fully saturated rings. The predicted octanol–water partition coefficient (Wildman–Crippen LogP) is 3.88. The average Bonchev–Trinajstić information content (AvgIpc) is 2.60. The molecule has 0 spiro atoms. The lowest BCUT2D eigenvalue weighted by atomic mass is 10.1. The van der Waals surface area contributed by atoms with Gasteiger partial charge in [-0.2, -0.15) is 0 Å². The molecule has 1 N–H and O–H groups in total. The Hall–Kier alpha value is -2.82. The lowest BCUT2D eigenvalue weighted by Crippen LogP contribution is -2.58. The molecule has 5 nitrogen and oxygen atoms in total. The van der Waals surface area contributed by atoms with Crippen LogP contribution in [-0.2, 0) is 4.79 Å². The van der Waals surface area contributed by atoms with Gasteiger partial charge in [-0.25, -0.2) is 4.79 Å². The quantitative estimate of drug-likeness (QED) is 0.893. The number of hydrogen-bond acceptors (Lipinski definition) is 2. The number of nitrogens with one attached hydrogen (secondary N) is 1. The summed E-state index contributed by atoms with van der Waals surface area (Å²) in [6.45, 7) is 8.82. The van der Waals surface area contributed by atoms with Gasteiger partial charge in [-0.05, 0) is 51.5 Å². The summed E-state index contributed by atoms with van der Waals surface area (Å²) in [5, 5.41) is 2.88. The normalized spacial score (nSPS) is 17.4. The molecule has 0 aliphatic carbocycles. The summed E-state index contributed by atoms with van der Waals surface area (Å²) >= 11 is 0. The Balaban J connectivity index is 1.72. The Bertz CT molecular complexity index is 830. The highest BCUT2D eigenvalue weighted by molar-refractivity contribution is 6.02. The first-order valence-corrected chi connectivity index (χ1v) is 8.90. The zero-order chi connectivity index (χ0) is 18.8. The van der Waals surface area contributed by atoms with Gasteiger partial charge in [0.15, 0.2) is 0 Å². The Labute approximate surface area is 154 Å². The number of aryl methyl sites for hydroxylation is 3. The van der Waals surface area contributed by atoms with Crippen LogP contribution in [0.2, 0.25) is 0 Å². The van der Waals surface area contributed by atoms with Gasteiger partial charge in [0.1, 0.15) is 6.04 Å². The van der Waals surface area contributed by atoms with E-state index in [0.29, 0.717) is 13.1 Å². The number of hydrogen-bond donors (Lipinski definition) is 1. The Morgan fingerprint density at radius 1 is 1.00 bits per heavy atom. The zero-order valence-corrected chi connectivity index (χ0v) is 15.7. The molecule has 2 aromatic carbocycles. The minimum Gasteiger partial charge on any atom is -0.311 e. The minimum absolute atomic E-state index is 0.0535. The first kappa shape index (κ1) is 18.0. The fourth-order valence-electron chi connectivity index (χ4n) is 3.33. The van der Waals surface area contributed by atoms with Crippen molar-refractivity contribution in [1.29, 1.82) is 0 Å². The van der Waals surface area contributed by atoms with Gasteiger partial charge in [-0.15, -0.1) is 0 Å². The molecule has 1 aliphatic heterocycles. The zero-order valence-electron chi connectivity index (χ0n) is 15.7. The fraction of sp³-hybridized carbons (Fsp3) is 0.333. The highest BCUT2D eigenvalue weighted by atomic mass is 16.2. The molecule has 5 heteroatoms. The third-order valence-electron chi connectivity index (χ3n) is 4.86. The van der Waals surface area contributed by atoms with E-state index in [1.165, 1.54) is 5.56 Å². The van der Waals surface area contributed by atoms with E-state index in [-0.39, 0.29) is 11.9 Å². The van der Waals surface area contributed by atoms with Crippen LogP contribution in [0, 0.1) is 20.8 Å². The van der Waals surface area contributed by atoms with E-state index < -0.39 is 6.04 Å². The third-order valence-corrected chi connectivity index (χ3v) is 4.86. The largest absolute Gasteiger partial charge is 0.322 e. The summed E-state index contributed by atoms with van der Waals surface area (Å²) in [7, 11) is 0. The van der Waals surface area contributed by atoms with Crippen LogP contribution in [0.3, 0.4) is 0 Å². The van der Waals surface area contributed by atoms with Gasteiger partial charge in [0.05, 0.1) is 0 Å². The predicted molar refractivity (Wildman–Crippen MR) is 105 cm³/mol. The van der Waals surface area contributed by atoms with E-state index in [0.717, 1.165) is 22.5 Å². The minimum atomic E-state index is -0.505. The van der Waals surface area contributed by atoms with Crippen molar-refractivity contribution in [1.82, 2.24) is 4.90 Å². The molecule has 1 aliphatic rings. The Kier molecular flexibility index (Phi) is 4.98. The van der Waals surface area contributed by atoms with Gasteiger partial charge in [0.25, 0.3) is 0 Å². The second-order valence-electron chi connectivity index (χ2n) is 6.95. The molecule has 0 aromatic heterocycles. The van der Waals surface area contributed by atoms with E-state index in [9.17, 15) is 9.59 Å².